The van der Waals surface area contributed by atoms with Gasteiger partial charge in [0.2, 0.25) is 5.95 Å². The molecular formula is C28H32F3N8O5P. The number of hydrogen-bond donors (Lipinski definition) is 5. The number of aromatic nitrogens is 5. The molecule has 0 aliphatic rings. The molecule has 240 valence electrons. The summed E-state index contributed by atoms with van der Waals surface area (Å²) in [6, 6.07) is 9.19. The van der Waals surface area contributed by atoms with E-state index in [1.54, 1.807) is 48.3 Å². The highest BCUT2D eigenvalue weighted by atomic mass is 31.2. The van der Waals surface area contributed by atoms with E-state index in [1.807, 2.05) is 0 Å². The topological polar surface area (TPSA) is 176 Å². The number of pyridine rings is 1. The summed E-state index contributed by atoms with van der Waals surface area (Å²) in [7, 11) is -2.43. The van der Waals surface area contributed by atoms with Crippen LogP contribution in [0.3, 0.4) is 0 Å². The minimum Gasteiger partial charge on any atom is -0.396 e. The van der Waals surface area contributed by atoms with Gasteiger partial charge >= 0.3 is 13.8 Å². The molecule has 4 rings (SSSR count). The molecule has 1 aromatic carbocycles. The van der Waals surface area contributed by atoms with Crippen LogP contribution in [-0.2, 0) is 28.0 Å². The number of aryl methyl sites for hydroxylation is 1. The molecule has 0 bridgehead atoms. The van der Waals surface area contributed by atoms with Crippen LogP contribution in [0.1, 0.15) is 41.4 Å². The third-order valence-electron chi connectivity index (χ3n) is 6.33. The van der Waals surface area contributed by atoms with Crippen molar-refractivity contribution in [2.45, 2.75) is 38.6 Å². The number of carbonyl (C=O) groups is 1. The van der Waals surface area contributed by atoms with Crippen LogP contribution in [0.4, 0.5) is 36.3 Å². The number of anilines is 4. The highest BCUT2D eigenvalue weighted by Crippen LogP contribution is 2.45. The minimum absolute atomic E-state index is 0.0318. The number of benzene rings is 1. The number of alkyl halides is 3. The molecule has 0 fully saturated rings. The summed E-state index contributed by atoms with van der Waals surface area (Å²) in [5.41, 5.74) is 0.504. The Kier molecular flexibility index (Phi) is 10.9. The van der Waals surface area contributed by atoms with E-state index in [-0.39, 0.29) is 36.7 Å². The fourth-order valence-electron chi connectivity index (χ4n) is 4.19. The fourth-order valence-corrected chi connectivity index (χ4v) is 5.36. The maximum absolute atomic E-state index is 14.0. The lowest BCUT2D eigenvalue weighted by Crippen LogP contribution is -2.21. The standard InChI is InChI=1S/C28H32F3N8O5P/c1-3-44-45(42,43)17-18-6-8-20(9-7-18)35-27-33-15-21(28(29,30)31)25(38-27)37-23-11-10-22(36-24(23)26(41)32-2)19-14-34-39(16-19)12-4-5-13-40/h6-11,14-16,40H,3-5,12-13,17H2,1-2H3,(H,32,41)(H,42,43)(H2,33,35,37,38). The molecule has 17 heteroatoms. The molecule has 0 aliphatic heterocycles. The normalized spacial score (nSPS) is 12.9. The van der Waals surface area contributed by atoms with Crippen molar-refractivity contribution in [3.63, 3.8) is 0 Å². The van der Waals surface area contributed by atoms with Crippen LogP contribution >= 0.6 is 7.60 Å². The van der Waals surface area contributed by atoms with Crippen LogP contribution in [0.25, 0.3) is 11.3 Å². The van der Waals surface area contributed by atoms with Crippen molar-refractivity contribution in [1.29, 1.82) is 0 Å². The Morgan fingerprint density at radius 2 is 1.82 bits per heavy atom. The first-order valence-electron chi connectivity index (χ1n) is 13.8. The van der Waals surface area contributed by atoms with Crippen LogP contribution < -0.4 is 16.0 Å². The van der Waals surface area contributed by atoms with Crippen molar-refractivity contribution in [3.05, 3.63) is 71.8 Å². The van der Waals surface area contributed by atoms with Crippen molar-refractivity contribution in [1.82, 2.24) is 30.0 Å². The SMILES string of the molecule is CCOP(=O)(O)Cc1ccc(Nc2ncc(C(F)(F)F)c(Nc3ccc(-c4cnn(CCCCO)c4)nc3C(=O)NC)n2)cc1. The summed E-state index contributed by atoms with van der Waals surface area (Å²) in [6.07, 6.45) is 0.180. The first-order valence-corrected chi connectivity index (χ1v) is 15.6. The Morgan fingerprint density at radius 1 is 1.07 bits per heavy atom. The van der Waals surface area contributed by atoms with Gasteiger partial charge in [0.05, 0.1) is 30.3 Å². The lowest BCUT2D eigenvalue weighted by molar-refractivity contribution is -0.137. The zero-order valence-corrected chi connectivity index (χ0v) is 25.3. The van der Waals surface area contributed by atoms with Gasteiger partial charge in [0.1, 0.15) is 11.4 Å². The van der Waals surface area contributed by atoms with Crippen LogP contribution in [0.15, 0.2) is 55.0 Å². The Hall–Kier alpha value is -4.37. The second-order valence-electron chi connectivity index (χ2n) is 9.71. The quantitative estimate of drug-likeness (QED) is 0.0909. The summed E-state index contributed by atoms with van der Waals surface area (Å²) < 4.78 is 60.5. The van der Waals surface area contributed by atoms with Crippen molar-refractivity contribution in [2.75, 3.05) is 30.9 Å². The van der Waals surface area contributed by atoms with E-state index in [1.165, 1.54) is 19.2 Å². The lowest BCUT2D eigenvalue weighted by Gasteiger charge is -2.17. The number of rotatable bonds is 14. The third kappa shape index (κ3) is 9.08. The number of unbranched alkanes of at least 4 members (excludes halogenated alkanes) is 1. The molecule has 3 heterocycles. The molecule has 1 atom stereocenters. The van der Waals surface area contributed by atoms with E-state index >= 15 is 0 Å². The molecule has 5 N–H and O–H groups in total. The first-order chi connectivity index (χ1) is 21.4. The fraction of sp³-hybridized carbons (Fsp3) is 0.321. The number of hydrogen-bond acceptors (Lipinski definition) is 10. The molecule has 0 saturated carbocycles. The van der Waals surface area contributed by atoms with Gasteiger partial charge in [-0.05, 0) is 49.6 Å². The summed E-state index contributed by atoms with van der Waals surface area (Å²) in [5.74, 6) is -1.45. The third-order valence-corrected chi connectivity index (χ3v) is 7.76. The maximum atomic E-state index is 14.0. The second-order valence-corrected chi connectivity index (χ2v) is 11.6. The van der Waals surface area contributed by atoms with E-state index in [0.29, 0.717) is 48.1 Å². The number of halogens is 3. The molecule has 0 aliphatic carbocycles. The number of carbonyl (C=O) groups excluding carboxylic acids is 1. The summed E-state index contributed by atoms with van der Waals surface area (Å²) in [5, 5.41) is 21.1. The molecule has 4 aromatic rings. The first kappa shape index (κ1) is 33.5. The van der Waals surface area contributed by atoms with Gasteiger partial charge in [0.15, 0.2) is 5.69 Å². The Bertz CT molecular complexity index is 1670. The van der Waals surface area contributed by atoms with Gasteiger partial charge in [0, 0.05) is 43.8 Å². The van der Waals surface area contributed by atoms with Crippen molar-refractivity contribution >= 4 is 36.6 Å². The molecule has 13 nitrogen and oxygen atoms in total. The van der Waals surface area contributed by atoms with Crippen molar-refractivity contribution in [2.24, 2.45) is 0 Å². The van der Waals surface area contributed by atoms with Gasteiger partial charge in [-0.1, -0.05) is 12.1 Å². The molecule has 0 spiro atoms. The zero-order valence-electron chi connectivity index (χ0n) is 24.4. The Labute approximate surface area is 256 Å². The Balaban J connectivity index is 1.61. The van der Waals surface area contributed by atoms with Crippen molar-refractivity contribution in [3.8, 4) is 11.3 Å². The van der Waals surface area contributed by atoms with Gasteiger partial charge < -0.3 is 30.5 Å². The molecule has 0 radical (unpaired) electrons. The molecule has 1 unspecified atom stereocenters. The van der Waals surface area contributed by atoms with Gasteiger partial charge in [-0.15, -0.1) is 0 Å². The number of nitrogens with zero attached hydrogens (tertiary/aromatic N) is 5. The number of aliphatic hydroxyl groups excluding tert-OH is 1. The van der Waals surface area contributed by atoms with Gasteiger partial charge in [0.25, 0.3) is 5.91 Å². The summed E-state index contributed by atoms with van der Waals surface area (Å²) in [4.78, 5) is 34.8. The minimum atomic E-state index is -4.83. The molecule has 45 heavy (non-hydrogen) atoms. The average Bonchev–Trinajstić information content (AvgIpc) is 3.46. The largest absolute Gasteiger partial charge is 0.421 e. The predicted molar refractivity (Wildman–Crippen MR) is 160 cm³/mol. The van der Waals surface area contributed by atoms with Crippen LogP contribution in [0.5, 0.6) is 0 Å². The smallest absolute Gasteiger partial charge is 0.396 e. The molecular weight excluding hydrogens is 616 g/mol. The van der Waals surface area contributed by atoms with Crippen LogP contribution in [0.2, 0.25) is 0 Å². The van der Waals surface area contributed by atoms with Crippen molar-refractivity contribution < 1.29 is 37.1 Å². The summed E-state index contributed by atoms with van der Waals surface area (Å²) >= 11 is 0. The van der Waals surface area contributed by atoms with Crippen LogP contribution in [-0.4, -0.2) is 60.9 Å². The summed E-state index contributed by atoms with van der Waals surface area (Å²) in [6.45, 7) is 2.32. The Morgan fingerprint density at radius 3 is 2.49 bits per heavy atom. The molecule has 3 aromatic heterocycles. The van der Waals surface area contributed by atoms with E-state index in [4.69, 9.17) is 9.63 Å². The molecule has 1 amide bonds. The molecule has 0 saturated heterocycles. The van der Waals surface area contributed by atoms with Gasteiger partial charge in [-0.25, -0.2) is 9.97 Å². The van der Waals surface area contributed by atoms with Gasteiger partial charge in [-0.2, -0.15) is 23.3 Å². The second kappa shape index (κ2) is 14.6. The number of nitrogens with one attached hydrogen (secondary N) is 3. The average molecular weight is 649 g/mol. The highest BCUT2D eigenvalue weighted by Gasteiger charge is 2.36. The van der Waals surface area contributed by atoms with E-state index in [0.717, 1.165) is 0 Å². The van der Waals surface area contributed by atoms with E-state index in [9.17, 15) is 27.4 Å². The lowest BCUT2D eigenvalue weighted by atomic mass is 10.1. The highest BCUT2D eigenvalue weighted by molar-refractivity contribution is 7.51. The van der Waals surface area contributed by atoms with E-state index < -0.39 is 31.1 Å². The zero-order chi connectivity index (χ0) is 32.6. The van der Waals surface area contributed by atoms with E-state index in [2.05, 4.69) is 36.0 Å². The maximum Gasteiger partial charge on any atom is 0.421 e. The van der Waals surface area contributed by atoms with Crippen LogP contribution in [0, 0.1) is 0 Å². The monoisotopic (exact) mass is 648 g/mol. The number of amides is 1. The van der Waals surface area contributed by atoms with Gasteiger partial charge in [-0.3, -0.25) is 14.0 Å². The number of aliphatic hydroxyl groups is 1. The predicted octanol–water partition coefficient (Wildman–Crippen LogP) is 5.10.